The van der Waals surface area contributed by atoms with Gasteiger partial charge in [-0.15, -0.1) is 0 Å². The van der Waals surface area contributed by atoms with Gasteiger partial charge in [0.15, 0.2) is 5.03 Å². The van der Waals surface area contributed by atoms with Crippen LogP contribution in [-0.4, -0.2) is 30.7 Å². The fourth-order valence-corrected chi connectivity index (χ4v) is 3.86. The molecular formula is C14H15N3O4S. The highest BCUT2D eigenvalue weighted by Crippen LogP contribution is 2.29. The first-order valence-corrected chi connectivity index (χ1v) is 8.19. The predicted molar refractivity (Wildman–Crippen MR) is 78.2 cm³/mol. The van der Waals surface area contributed by atoms with Crippen molar-refractivity contribution in [1.82, 2.24) is 14.5 Å². The van der Waals surface area contributed by atoms with Gasteiger partial charge in [-0.25, -0.2) is 4.72 Å². The number of aromatic nitrogens is 2. The van der Waals surface area contributed by atoms with E-state index in [0.29, 0.717) is 24.3 Å². The van der Waals surface area contributed by atoms with E-state index < -0.39 is 15.9 Å². The van der Waals surface area contributed by atoms with Crippen LogP contribution in [0.25, 0.3) is 0 Å². The Morgan fingerprint density at radius 3 is 2.86 bits per heavy atom. The molecule has 0 fully saturated rings. The van der Waals surface area contributed by atoms with E-state index in [4.69, 9.17) is 4.74 Å². The molecular weight excluding hydrogens is 306 g/mol. The van der Waals surface area contributed by atoms with Crippen molar-refractivity contribution < 1.29 is 17.9 Å². The maximum Gasteiger partial charge on any atom is 0.281 e. The molecule has 8 heteroatoms. The van der Waals surface area contributed by atoms with Gasteiger partial charge in [-0.2, -0.15) is 13.5 Å². The highest BCUT2D eigenvalue weighted by molar-refractivity contribution is 7.90. The fourth-order valence-electron chi connectivity index (χ4n) is 2.54. The van der Waals surface area contributed by atoms with Crippen LogP contribution in [0.2, 0.25) is 0 Å². The lowest BCUT2D eigenvalue weighted by atomic mass is 10.1. The number of ether oxygens (including phenoxy) is 1. The topological polar surface area (TPSA) is 90.3 Å². The number of hydrogen-bond donors (Lipinski definition) is 1. The largest absolute Gasteiger partial charge is 0.492 e. The van der Waals surface area contributed by atoms with Crippen molar-refractivity contribution in [1.29, 1.82) is 0 Å². The van der Waals surface area contributed by atoms with E-state index in [1.807, 2.05) is 6.07 Å². The summed E-state index contributed by atoms with van der Waals surface area (Å²) in [5.41, 5.74) is 1.59. The van der Waals surface area contributed by atoms with E-state index in [9.17, 15) is 13.2 Å². The lowest BCUT2D eigenvalue weighted by molar-refractivity contribution is 0.0978. The molecule has 22 heavy (non-hydrogen) atoms. The summed E-state index contributed by atoms with van der Waals surface area (Å²) in [6, 6.07) is 5.12. The minimum atomic E-state index is -4.00. The van der Waals surface area contributed by atoms with Gasteiger partial charge in [0, 0.05) is 19.0 Å². The smallest absolute Gasteiger partial charge is 0.281 e. The second-order valence-corrected chi connectivity index (χ2v) is 6.68. The van der Waals surface area contributed by atoms with Gasteiger partial charge in [0.2, 0.25) is 0 Å². The van der Waals surface area contributed by atoms with Gasteiger partial charge in [0.05, 0.1) is 18.4 Å². The number of amides is 1. The summed E-state index contributed by atoms with van der Waals surface area (Å²) in [4.78, 5) is 12.3. The molecule has 0 saturated carbocycles. The minimum absolute atomic E-state index is 0.0330. The zero-order valence-corrected chi connectivity index (χ0v) is 13.0. The van der Waals surface area contributed by atoms with Crippen molar-refractivity contribution in [3.8, 4) is 5.75 Å². The van der Waals surface area contributed by atoms with E-state index in [1.54, 1.807) is 19.1 Å². The number of nitrogens with one attached hydrogen (secondary N) is 1. The van der Waals surface area contributed by atoms with Crippen LogP contribution in [0.4, 0.5) is 0 Å². The number of aryl methyl sites for hydroxylation is 2. The molecule has 1 aromatic carbocycles. The lowest BCUT2D eigenvalue weighted by Crippen LogP contribution is -2.32. The van der Waals surface area contributed by atoms with Crippen LogP contribution < -0.4 is 9.46 Å². The van der Waals surface area contributed by atoms with Crippen LogP contribution in [0.3, 0.4) is 0 Å². The molecule has 2 heterocycles. The number of hydrogen-bond acceptors (Lipinski definition) is 5. The van der Waals surface area contributed by atoms with Gasteiger partial charge < -0.3 is 4.74 Å². The highest BCUT2D eigenvalue weighted by Gasteiger charge is 2.27. The third-order valence-corrected chi connectivity index (χ3v) is 5.05. The molecule has 0 unspecified atom stereocenters. The molecule has 1 aliphatic rings. The van der Waals surface area contributed by atoms with E-state index in [0.717, 1.165) is 5.56 Å². The van der Waals surface area contributed by atoms with Crippen molar-refractivity contribution in [3.05, 3.63) is 41.1 Å². The highest BCUT2D eigenvalue weighted by atomic mass is 32.2. The van der Waals surface area contributed by atoms with Gasteiger partial charge in [-0.05, 0) is 18.6 Å². The average Bonchev–Trinajstić information content (AvgIpc) is 3.04. The number of para-hydroxylation sites is 1. The normalized spacial score (nSPS) is 13.5. The number of rotatable bonds is 3. The van der Waals surface area contributed by atoms with Crippen molar-refractivity contribution in [2.45, 2.75) is 18.4 Å². The van der Waals surface area contributed by atoms with Crippen LogP contribution in [-0.2, 0) is 23.5 Å². The predicted octanol–water partition coefficient (Wildman–Crippen LogP) is 0.782. The van der Waals surface area contributed by atoms with Gasteiger partial charge in [0.25, 0.3) is 15.9 Å². The van der Waals surface area contributed by atoms with E-state index >= 15 is 0 Å². The number of nitrogens with zero attached hydrogens (tertiary/aromatic N) is 2. The molecule has 0 aliphatic carbocycles. The molecule has 7 nitrogen and oxygen atoms in total. The van der Waals surface area contributed by atoms with E-state index in [2.05, 4.69) is 9.82 Å². The van der Waals surface area contributed by atoms with Crippen LogP contribution in [0.1, 0.15) is 21.5 Å². The van der Waals surface area contributed by atoms with Crippen LogP contribution in [0, 0.1) is 6.92 Å². The van der Waals surface area contributed by atoms with Crippen LogP contribution >= 0.6 is 0 Å². The maximum absolute atomic E-state index is 12.4. The summed E-state index contributed by atoms with van der Waals surface area (Å²) in [6.45, 7) is 2.11. The average molecular weight is 321 g/mol. The number of carbonyl (C=O) groups is 1. The molecule has 0 bridgehead atoms. The van der Waals surface area contributed by atoms with E-state index in [-0.39, 0.29) is 10.6 Å². The Bertz CT molecular complexity index is 835. The maximum atomic E-state index is 12.4. The van der Waals surface area contributed by atoms with Crippen molar-refractivity contribution in [3.63, 3.8) is 0 Å². The molecule has 0 spiro atoms. The first-order chi connectivity index (χ1) is 10.4. The second kappa shape index (κ2) is 5.13. The van der Waals surface area contributed by atoms with Crippen molar-refractivity contribution in [2.24, 2.45) is 7.05 Å². The summed E-state index contributed by atoms with van der Waals surface area (Å²) >= 11 is 0. The van der Waals surface area contributed by atoms with Crippen molar-refractivity contribution in [2.75, 3.05) is 6.61 Å². The number of fused-ring (bicyclic) bond motifs is 1. The molecule has 1 aliphatic heterocycles. The second-order valence-electron chi connectivity index (χ2n) is 5.08. The molecule has 0 radical (unpaired) electrons. The molecule has 1 amide bonds. The molecule has 0 atom stereocenters. The van der Waals surface area contributed by atoms with E-state index in [1.165, 1.54) is 17.9 Å². The van der Waals surface area contributed by atoms with Gasteiger partial charge in [-0.3, -0.25) is 9.48 Å². The zero-order chi connectivity index (χ0) is 15.9. The Morgan fingerprint density at radius 1 is 1.41 bits per heavy atom. The third kappa shape index (κ3) is 2.35. The summed E-state index contributed by atoms with van der Waals surface area (Å²) in [6.07, 6.45) is 2.15. The first-order valence-electron chi connectivity index (χ1n) is 6.70. The molecule has 2 aromatic rings. The Balaban J connectivity index is 1.94. The Morgan fingerprint density at radius 2 is 2.18 bits per heavy atom. The van der Waals surface area contributed by atoms with Crippen LogP contribution in [0.5, 0.6) is 5.75 Å². The van der Waals surface area contributed by atoms with Gasteiger partial charge in [0.1, 0.15) is 5.75 Å². The summed E-state index contributed by atoms with van der Waals surface area (Å²) in [7, 11) is -2.49. The molecule has 3 rings (SSSR count). The minimum Gasteiger partial charge on any atom is -0.492 e. The molecule has 116 valence electrons. The van der Waals surface area contributed by atoms with Gasteiger partial charge in [-0.1, -0.05) is 12.1 Å². The first kappa shape index (κ1) is 14.6. The standard InChI is InChI=1S/C14H15N3O4S/c1-9-8-15-17(2)14(9)22(19,20)16-13(18)11-5-3-4-10-6-7-21-12(10)11/h3-5,8H,6-7H2,1-2H3,(H,16,18). The zero-order valence-electron chi connectivity index (χ0n) is 12.2. The number of carbonyl (C=O) groups excluding carboxylic acids is 1. The Kier molecular flexibility index (Phi) is 3.40. The quantitative estimate of drug-likeness (QED) is 0.902. The summed E-state index contributed by atoms with van der Waals surface area (Å²) < 4.78 is 33.5. The monoisotopic (exact) mass is 321 g/mol. The summed E-state index contributed by atoms with van der Waals surface area (Å²) in [5, 5.41) is 3.85. The van der Waals surface area contributed by atoms with Crippen molar-refractivity contribution >= 4 is 15.9 Å². The van der Waals surface area contributed by atoms with Gasteiger partial charge >= 0.3 is 0 Å². The number of benzene rings is 1. The third-order valence-electron chi connectivity index (χ3n) is 3.50. The summed E-state index contributed by atoms with van der Waals surface area (Å²) in [5.74, 6) is -0.253. The molecule has 1 N–H and O–H groups in total. The fraction of sp³-hybridized carbons (Fsp3) is 0.286. The Labute approximate surface area is 128 Å². The molecule has 0 saturated heterocycles. The Hall–Kier alpha value is -2.35. The number of sulfonamides is 1. The van der Waals surface area contributed by atoms with Crippen LogP contribution in [0.15, 0.2) is 29.4 Å². The molecule has 1 aromatic heterocycles. The SMILES string of the molecule is Cc1cnn(C)c1S(=O)(=O)NC(=O)c1cccc2c1OCC2. The lowest BCUT2D eigenvalue weighted by Gasteiger charge is -2.10.